The molecule has 0 heterocycles. The van der Waals surface area contributed by atoms with Crippen molar-refractivity contribution < 1.29 is 0 Å². The van der Waals surface area contributed by atoms with Crippen LogP contribution in [0.4, 0.5) is 0 Å². The Morgan fingerprint density at radius 2 is 2.00 bits per heavy atom. The van der Waals surface area contributed by atoms with Crippen molar-refractivity contribution >= 4 is 22.0 Å². The second-order valence-electron chi connectivity index (χ2n) is 3.93. The first-order chi connectivity index (χ1) is 7.72. The normalized spacial score (nSPS) is 11.6. The molecule has 0 aromatic heterocycles. The largest absolute Gasteiger partial charge is 0.327 e. The van der Waals surface area contributed by atoms with Gasteiger partial charge in [-0.1, -0.05) is 54.1 Å². The molecule has 88 valence electrons. The van der Waals surface area contributed by atoms with Gasteiger partial charge in [-0.05, 0) is 36.0 Å². The lowest BCUT2D eigenvalue weighted by atomic mass is 9.93. The Bertz CT molecular complexity index is 354. The van der Waals surface area contributed by atoms with E-state index in [1.54, 1.807) is 0 Å². The number of rotatable bonds is 5. The molecule has 2 N–H and O–H groups in total. The van der Waals surface area contributed by atoms with Crippen LogP contribution >= 0.6 is 15.9 Å². The van der Waals surface area contributed by atoms with Crippen LogP contribution in [0.25, 0.3) is 6.08 Å². The maximum absolute atomic E-state index is 5.44. The molecule has 0 spiro atoms. The van der Waals surface area contributed by atoms with E-state index in [-0.39, 0.29) is 0 Å². The van der Waals surface area contributed by atoms with E-state index in [9.17, 15) is 0 Å². The Morgan fingerprint density at radius 1 is 1.31 bits per heavy atom. The molecule has 1 rings (SSSR count). The first-order valence-electron chi connectivity index (χ1n) is 5.88. The van der Waals surface area contributed by atoms with Gasteiger partial charge in [0.15, 0.2) is 0 Å². The van der Waals surface area contributed by atoms with E-state index >= 15 is 0 Å². The Kier molecular flexibility index (Phi) is 5.78. The van der Waals surface area contributed by atoms with Crippen molar-refractivity contribution in [3.8, 4) is 0 Å². The molecule has 1 aromatic carbocycles. The van der Waals surface area contributed by atoms with E-state index in [1.807, 2.05) is 6.08 Å². The van der Waals surface area contributed by atoms with Crippen molar-refractivity contribution in [1.82, 2.24) is 0 Å². The molecule has 0 unspecified atom stereocenters. The highest BCUT2D eigenvalue weighted by Gasteiger charge is 2.10. The van der Waals surface area contributed by atoms with E-state index in [0.717, 1.165) is 0 Å². The van der Waals surface area contributed by atoms with E-state index in [4.69, 9.17) is 5.73 Å². The van der Waals surface area contributed by atoms with Crippen LogP contribution in [0.1, 0.15) is 43.7 Å². The molecule has 1 aromatic rings. The molecule has 0 aliphatic heterocycles. The zero-order valence-corrected chi connectivity index (χ0v) is 11.6. The van der Waals surface area contributed by atoms with Crippen molar-refractivity contribution in [3.05, 3.63) is 39.9 Å². The van der Waals surface area contributed by atoms with Crippen molar-refractivity contribution in [3.63, 3.8) is 0 Å². The van der Waals surface area contributed by atoms with Crippen LogP contribution in [0.15, 0.2) is 28.7 Å². The summed E-state index contributed by atoms with van der Waals surface area (Å²) in [6.07, 6.45) is 6.40. The molecule has 0 bridgehead atoms. The van der Waals surface area contributed by atoms with Gasteiger partial charge in [-0.15, -0.1) is 0 Å². The average Bonchev–Trinajstić information content (AvgIpc) is 2.30. The topological polar surface area (TPSA) is 26.0 Å². The number of nitrogens with two attached hydrogens (primary N) is 1. The molecule has 1 nitrogen and oxygen atoms in total. The van der Waals surface area contributed by atoms with Gasteiger partial charge < -0.3 is 5.73 Å². The molecule has 0 saturated carbocycles. The highest BCUT2D eigenvalue weighted by molar-refractivity contribution is 9.10. The van der Waals surface area contributed by atoms with Crippen molar-refractivity contribution in [2.24, 2.45) is 5.73 Å². The van der Waals surface area contributed by atoms with Crippen LogP contribution < -0.4 is 5.73 Å². The number of hydrogen-bond acceptors (Lipinski definition) is 1. The van der Waals surface area contributed by atoms with E-state index in [0.29, 0.717) is 12.5 Å². The highest BCUT2D eigenvalue weighted by Crippen LogP contribution is 2.30. The highest BCUT2D eigenvalue weighted by atomic mass is 79.9. The van der Waals surface area contributed by atoms with Gasteiger partial charge in [0.05, 0.1) is 0 Å². The Labute approximate surface area is 107 Å². The molecule has 0 aliphatic carbocycles. The number of benzene rings is 1. The van der Waals surface area contributed by atoms with E-state index < -0.39 is 0 Å². The molecule has 0 fully saturated rings. The lowest BCUT2D eigenvalue weighted by Crippen LogP contribution is -1.97. The number of hydrogen-bond donors (Lipinski definition) is 1. The lowest BCUT2D eigenvalue weighted by molar-refractivity contribution is 0.639. The van der Waals surface area contributed by atoms with E-state index in [1.165, 1.54) is 28.4 Å². The van der Waals surface area contributed by atoms with Crippen LogP contribution in [0.2, 0.25) is 0 Å². The van der Waals surface area contributed by atoms with Gasteiger partial charge in [0.25, 0.3) is 0 Å². The summed E-state index contributed by atoms with van der Waals surface area (Å²) in [5.41, 5.74) is 8.05. The quantitative estimate of drug-likeness (QED) is 0.855. The first-order valence-corrected chi connectivity index (χ1v) is 6.68. The third-order valence-corrected chi connectivity index (χ3v) is 3.58. The summed E-state index contributed by atoms with van der Waals surface area (Å²) in [6, 6.07) is 6.54. The first kappa shape index (κ1) is 13.5. The zero-order chi connectivity index (χ0) is 12.0. The van der Waals surface area contributed by atoms with E-state index in [2.05, 4.69) is 54.1 Å². The van der Waals surface area contributed by atoms with Crippen molar-refractivity contribution in [1.29, 1.82) is 0 Å². The zero-order valence-electron chi connectivity index (χ0n) is 10.0. The van der Waals surface area contributed by atoms with Crippen molar-refractivity contribution in [2.75, 3.05) is 6.54 Å². The van der Waals surface area contributed by atoms with Gasteiger partial charge in [0, 0.05) is 11.0 Å². The molecule has 0 saturated heterocycles. The molecule has 0 atom stereocenters. The monoisotopic (exact) mass is 281 g/mol. The van der Waals surface area contributed by atoms with Gasteiger partial charge in [0.1, 0.15) is 0 Å². The van der Waals surface area contributed by atoms with Crippen LogP contribution in [0.3, 0.4) is 0 Å². The Balaban J connectivity index is 2.94. The standard InChI is InChI=1S/C14H20BrN/c1-3-12(4-2)13-8-7-11(6-5-9-16)10-14(13)15/h5-8,10,12H,3-4,9,16H2,1-2H3/b6-5+. The third kappa shape index (κ3) is 3.46. The minimum absolute atomic E-state index is 0.589. The summed E-state index contributed by atoms with van der Waals surface area (Å²) in [7, 11) is 0. The smallest absolute Gasteiger partial charge is 0.0216 e. The Morgan fingerprint density at radius 3 is 2.50 bits per heavy atom. The summed E-state index contributed by atoms with van der Waals surface area (Å²) in [5.74, 6) is 0.655. The molecule has 0 aliphatic rings. The minimum atomic E-state index is 0.589. The summed E-state index contributed by atoms with van der Waals surface area (Å²) in [6.45, 7) is 5.07. The molecule has 16 heavy (non-hydrogen) atoms. The van der Waals surface area contributed by atoms with Gasteiger partial charge in [0.2, 0.25) is 0 Å². The maximum Gasteiger partial charge on any atom is 0.0216 e. The second kappa shape index (κ2) is 6.87. The second-order valence-corrected chi connectivity index (χ2v) is 4.79. The van der Waals surface area contributed by atoms with Crippen molar-refractivity contribution in [2.45, 2.75) is 32.6 Å². The minimum Gasteiger partial charge on any atom is -0.327 e. The average molecular weight is 282 g/mol. The maximum atomic E-state index is 5.44. The predicted octanol–water partition coefficient (Wildman–Crippen LogP) is 4.32. The number of halogens is 1. The van der Waals surface area contributed by atoms with Crippen LogP contribution in [-0.4, -0.2) is 6.54 Å². The summed E-state index contributed by atoms with van der Waals surface area (Å²) >= 11 is 3.66. The molecule has 2 heteroatoms. The van der Waals surface area contributed by atoms with Gasteiger partial charge in [-0.3, -0.25) is 0 Å². The molecule has 0 amide bonds. The summed E-state index contributed by atoms with van der Waals surface area (Å²) in [5, 5.41) is 0. The fourth-order valence-corrected chi connectivity index (χ4v) is 2.63. The summed E-state index contributed by atoms with van der Waals surface area (Å²) in [4.78, 5) is 0. The van der Waals surface area contributed by atoms with Crippen LogP contribution in [0.5, 0.6) is 0 Å². The van der Waals surface area contributed by atoms with Crippen LogP contribution in [0, 0.1) is 0 Å². The third-order valence-electron chi connectivity index (χ3n) is 2.90. The fourth-order valence-electron chi connectivity index (χ4n) is 1.91. The fraction of sp³-hybridized carbons (Fsp3) is 0.429. The van der Waals surface area contributed by atoms with Crippen LogP contribution in [-0.2, 0) is 0 Å². The van der Waals surface area contributed by atoms with Gasteiger partial charge in [-0.2, -0.15) is 0 Å². The lowest BCUT2D eigenvalue weighted by Gasteiger charge is -2.15. The van der Waals surface area contributed by atoms with Gasteiger partial charge in [-0.25, -0.2) is 0 Å². The molecule has 0 radical (unpaired) electrons. The molecular weight excluding hydrogens is 262 g/mol. The van der Waals surface area contributed by atoms with Gasteiger partial charge >= 0.3 is 0 Å². The molecular formula is C14H20BrN. The summed E-state index contributed by atoms with van der Waals surface area (Å²) < 4.78 is 1.21. The Hall–Kier alpha value is -0.600. The predicted molar refractivity (Wildman–Crippen MR) is 75.6 cm³/mol. The SMILES string of the molecule is CCC(CC)c1ccc(/C=C/CN)cc1Br.